The lowest BCUT2D eigenvalue weighted by Crippen LogP contribution is -2.31. The zero-order chi connectivity index (χ0) is 15.8. The summed E-state index contributed by atoms with van der Waals surface area (Å²) in [7, 11) is 1.63. The molecular formula is C17H19N3O3. The summed E-state index contributed by atoms with van der Waals surface area (Å²) in [5, 5.41) is 4.08. The highest BCUT2D eigenvalue weighted by Gasteiger charge is 2.40. The number of nitrogens with zero attached hydrogens (tertiary/aromatic N) is 3. The van der Waals surface area contributed by atoms with Crippen molar-refractivity contribution < 1.29 is 14.1 Å². The molecule has 0 bridgehead atoms. The van der Waals surface area contributed by atoms with E-state index in [0.29, 0.717) is 11.7 Å². The van der Waals surface area contributed by atoms with Crippen molar-refractivity contribution in [3.63, 3.8) is 0 Å². The van der Waals surface area contributed by atoms with Gasteiger partial charge < -0.3 is 14.2 Å². The van der Waals surface area contributed by atoms with Gasteiger partial charge in [-0.1, -0.05) is 17.3 Å². The van der Waals surface area contributed by atoms with Gasteiger partial charge in [0.2, 0.25) is 17.6 Å². The molecule has 0 spiro atoms. The van der Waals surface area contributed by atoms with E-state index < -0.39 is 0 Å². The van der Waals surface area contributed by atoms with Crippen molar-refractivity contribution in [1.29, 1.82) is 0 Å². The molecule has 2 aromatic rings. The topological polar surface area (TPSA) is 68.5 Å². The highest BCUT2D eigenvalue weighted by molar-refractivity contribution is 5.81. The van der Waals surface area contributed by atoms with Crippen LogP contribution in [0, 0.1) is 5.92 Å². The first kappa shape index (κ1) is 14.2. The molecule has 1 aliphatic heterocycles. The van der Waals surface area contributed by atoms with Crippen LogP contribution in [0.25, 0.3) is 11.4 Å². The summed E-state index contributed by atoms with van der Waals surface area (Å²) >= 11 is 0. The number of hydrogen-bond donors (Lipinski definition) is 0. The number of rotatable bonds is 4. The average Bonchev–Trinajstić information content (AvgIpc) is 3.12. The lowest BCUT2D eigenvalue weighted by molar-refractivity contribution is -0.133. The molecule has 1 saturated carbocycles. The van der Waals surface area contributed by atoms with Gasteiger partial charge in [-0.3, -0.25) is 4.79 Å². The summed E-state index contributed by atoms with van der Waals surface area (Å²) in [6.45, 7) is 0.789. The largest absolute Gasteiger partial charge is 0.497 e. The summed E-state index contributed by atoms with van der Waals surface area (Å²) in [6, 6.07) is 7.48. The Morgan fingerprint density at radius 2 is 2.22 bits per heavy atom. The van der Waals surface area contributed by atoms with Crippen molar-refractivity contribution in [2.75, 3.05) is 13.7 Å². The number of benzene rings is 1. The van der Waals surface area contributed by atoms with Gasteiger partial charge in [-0.05, 0) is 37.8 Å². The summed E-state index contributed by atoms with van der Waals surface area (Å²) in [5.41, 5.74) is 0.845. The second-order valence-corrected chi connectivity index (χ2v) is 6.15. The minimum Gasteiger partial charge on any atom is -0.497 e. The van der Waals surface area contributed by atoms with E-state index in [-0.39, 0.29) is 17.9 Å². The van der Waals surface area contributed by atoms with E-state index in [1.165, 1.54) is 0 Å². The van der Waals surface area contributed by atoms with Crippen LogP contribution in [0.3, 0.4) is 0 Å². The van der Waals surface area contributed by atoms with Crippen molar-refractivity contribution in [2.45, 2.75) is 31.7 Å². The monoisotopic (exact) mass is 313 g/mol. The van der Waals surface area contributed by atoms with E-state index in [0.717, 1.165) is 43.5 Å². The normalized spacial score (nSPS) is 20.7. The Morgan fingerprint density at radius 3 is 3.00 bits per heavy atom. The molecule has 1 aromatic carbocycles. The van der Waals surface area contributed by atoms with E-state index in [2.05, 4.69) is 10.1 Å². The molecule has 2 fully saturated rings. The Morgan fingerprint density at radius 1 is 1.35 bits per heavy atom. The fourth-order valence-corrected chi connectivity index (χ4v) is 3.10. The molecule has 0 radical (unpaired) electrons. The number of carbonyl (C=O) groups is 1. The van der Waals surface area contributed by atoms with Crippen LogP contribution < -0.4 is 4.74 Å². The highest BCUT2D eigenvalue weighted by atomic mass is 16.5. The molecular weight excluding hydrogens is 294 g/mol. The van der Waals surface area contributed by atoms with Gasteiger partial charge in [0.05, 0.1) is 7.11 Å². The molecule has 1 unspecified atom stereocenters. The van der Waals surface area contributed by atoms with Crippen LogP contribution in [0.15, 0.2) is 28.8 Å². The van der Waals surface area contributed by atoms with Crippen LogP contribution >= 0.6 is 0 Å². The Labute approximate surface area is 134 Å². The maximum absolute atomic E-state index is 12.4. The fraction of sp³-hybridized carbons (Fsp3) is 0.471. The van der Waals surface area contributed by atoms with Crippen LogP contribution in [0.2, 0.25) is 0 Å². The second-order valence-electron chi connectivity index (χ2n) is 6.15. The summed E-state index contributed by atoms with van der Waals surface area (Å²) in [5.74, 6) is 2.28. The molecule has 0 N–H and O–H groups in total. The van der Waals surface area contributed by atoms with Gasteiger partial charge in [0.1, 0.15) is 11.8 Å². The summed E-state index contributed by atoms with van der Waals surface area (Å²) in [4.78, 5) is 18.8. The first-order valence-electron chi connectivity index (χ1n) is 8.05. The summed E-state index contributed by atoms with van der Waals surface area (Å²) in [6.07, 6.45) is 3.90. The van der Waals surface area contributed by atoms with Gasteiger partial charge in [-0.15, -0.1) is 0 Å². The Balaban J connectivity index is 1.58. The number of aromatic nitrogens is 2. The van der Waals surface area contributed by atoms with Crippen molar-refractivity contribution in [1.82, 2.24) is 15.0 Å². The van der Waals surface area contributed by atoms with Crippen LogP contribution in [0.4, 0.5) is 0 Å². The molecule has 1 atom stereocenters. The average molecular weight is 313 g/mol. The predicted molar refractivity (Wildman–Crippen MR) is 82.7 cm³/mol. The van der Waals surface area contributed by atoms with Crippen molar-refractivity contribution in [3.8, 4) is 17.1 Å². The SMILES string of the molecule is COc1cccc(-c2noc(C3CCCN3C(=O)C3CC3)n2)c1. The van der Waals surface area contributed by atoms with E-state index in [1.54, 1.807) is 7.11 Å². The smallest absolute Gasteiger partial charge is 0.249 e. The Kier molecular flexibility index (Phi) is 3.52. The number of likely N-dealkylation sites (tertiary alicyclic amines) is 1. The highest BCUT2D eigenvalue weighted by Crippen LogP contribution is 2.38. The van der Waals surface area contributed by atoms with Gasteiger partial charge >= 0.3 is 0 Å². The maximum atomic E-state index is 12.4. The molecule has 2 heterocycles. The van der Waals surface area contributed by atoms with Crippen LogP contribution in [0.1, 0.15) is 37.6 Å². The van der Waals surface area contributed by atoms with E-state index in [4.69, 9.17) is 9.26 Å². The standard InChI is InChI=1S/C17H19N3O3/c1-22-13-5-2-4-12(10-13)15-18-16(23-19-15)14-6-3-9-20(14)17(21)11-7-8-11/h2,4-5,10-11,14H,3,6-9H2,1H3. The molecule has 6 heteroatoms. The minimum absolute atomic E-state index is 0.0741. The van der Waals surface area contributed by atoms with Crippen LogP contribution in [0.5, 0.6) is 5.75 Å². The number of ether oxygens (including phenoxy) is 1. The van der Waals surface area contributed by atoms with Gasteiger partial charge in [-0.2, -0.15) is 4.98 Å². The first-order valence-corrected chi connectivity index (χ1v) is 8.05. The van der Waals surface area contributed by atoms with Crippen LogP contribution in [-0.2, 0) is 4.79 Å². The third-order valence-electron chi connectivity index (χ3n) is 4.52. The predicted octanol–water partition coefficient (Wildman–Crippen LogP) is 2.82. The lowest BCUT2D eigenvalue weighted by atomic mass is 10.2. The quantitative estimate of drug-likeness (QED) is 0.868. The maximum Gasteiger partial charge on any atom is 0.249 e. The molecule has 1 amide bonds. The molecule has 120 valence electrons. The van der Waals surface area contributed by atoms with Gasteiger partial charge in [0.25, 0.3) is 0 Å². The van der Waals surface area contributed by atoms with Crippen LogP contribution in [-0.4, -0.2) is 34.6 Å². The van der Waals surface area contributed by atoms with Gasteiger partial charge in [-0.25, -0.2) is 0 Å². The molecule has 6 nitrogen and oxygen atoms in total. The van der Waals surface area contributed by atoms with Gasteiger partial charge in [0, 0.05) is 18.0 Å². The number of carbonyl (C=O) groups excluding carboxylic acids is 1. The molecule has 4 rings (SSSR count). The van der Waals surface area contributed by atoms with E-state index >= 15 is 0 Å². The summed E-state index contributed by atoms with van der Waals surface area (Å²) < 4.78 is 10.7. The van der Waals surface area contributed by atoms with E-state index in [1.807, 2.05) is 29.2 Å². The molecule has 1 saturated heterocycles. The molecule has 1 aliphatic carbocycles. The fourth-order valence-electron chi connectivity index (χ4n) is 3.10. The lowest BCUT2D eigenvalue weighted by Gasteiger charge is -2.21. The molecule has 2 aliphatic rings. The zero-order valence-corrected chi connectivity index (χ0v) is 13.1. The number of hydrogen-bond acceptors (Lipinski definition) is 5. The minimum atomic E-state index is -0.0741. The first-order chi connectivity index (χ1) is 11.3. The Bertz CT molecular complexity index is 723. The van der Waals surface area contributed by atoms with E-state index in [9.17, 15) is 4.79 Å². The third-order valence-corrected chi connectivity index (χ3v) is 4.52. The molecule has 1 aromatic heterocycles. The van der Waals surface area contributed by atoms with Crippen molar-refractivity contribution in [2.24, 2.45) is 5.92 Å². The van der Waals surface area contributed by atoms with Crippen molar-refractivity contribution in [3.05, 3.63) is 30.2 Å². The van der Waals surface area contributed by atoms with Crippen molar-refractivity contribution >= 4 is 5.91 Å². The second kappa shape index (κ2) is 5.68. The zero-order valence-electron chi connectivity index (χ0n) is 13.1. The Hall–Kier alpha value is -2.37. The number of methoxy groups -OCH3 is 1. The molecule has 23 heavy (non-hydrogen) atoms. The van der Waals surface area contributed by atoms with Gasteiger partial charge in [0.15, 0.2) is 0 Å². The third kappa shape index (κ3) is 2.69. The number of amides is 1.